The highest BCUT2D eigenvalue weighted by atomic mass is 19.1. The first-order valence-electron chi connectivity index (χ1n) is 9.26. The van der Waals surface area contributed by atoms with Gasteiger partial charge in [0, 0.05) is 36.9 Å². The number of aryl methyl sites for hydroxylation is 1. The number of morpholine rings is 1. The van der Waals surface area contributed by atoms with Gasteiger partial charge in [-0.1, -0.05) is 12.1 Å². The van der Waals surface area contributed by atoms with Gasteiger partial charge >= 0.3 is 0 Å². The number of para-hydroxylation sites is 1. The summed E-state index contributed by atoms with van der Waals surface area (Å²) in [6.07, 6.45) is 0. The molecule has 1 aliphatic heterocycles. The van der Waals surface area contributed by atoms with Gasteiger partial charge in [-0.05, 0) is 32.9 Å². The molecule has 150 valence electrons. The lowest BCUT2D eigenvalue weighted by molar-refractivity contribution is -0.00925. The molecule has 1 fully saturated rings. The van der Waals surface area contributed by atoms with Crippen molar-refractivity contribution in [2.75, 3.05) is 32.8 Å². The fraction of sp³-hybridized carbons (Fsp3) is 0.450. The van der Waals surface area contributed by atoms with E-state index in [-0.39, 0.29) is 16.9 Å². The van der Waals surface area contributed by atoms with Gasteiger partial charge in [-0.15, -0.1) is 0 Å². The molecule has 0 atom stereocenters. The molecule has 2 aromatic rings. The molecule has 1 aliphatic rings. The van der Waals surface area contributed by atoms with Crippen LogP contribution in [0.2, 0.25) is 0 Å². The van der Waals surface area contributed by atoms with E-state index in [2.05, 4.69) is 15.3 Å². The lowest BCUT2D eigenvalue weighted by Gasteiger charge is -2.40. The van der Waals surface area contributed by atoms with Crippen molar-refractivity contribution in [3.63, 3.8) is 0 Å². The largest absolute Gasteiger partial charge is 0.379 e. The highest BCUT2D eigenvalue weighted by Gasteiger charge is 2.29. The number of nitrogens with one attached hydrogen (secondary N) is 1. The van der Waals surface area contributed by atoms with Gasteiger partial charge in [0.15, 0.2) is 5.69 Å². The van der Waals surface area contributed by atoms with E-state index < -0.39 is 17.2 Å². The summed E-state index contributed by atoms with van der Waals surface area (Å²) in [7, 11) is 0. The summed E-state index contributed by atoms with van der Waals surface area (Å²) in [5, 5.41) is 6.93. The van der Waals surface area contributed by atoms with Gasteiger partial charge in [0.25, 0.3) is 5.91 Å². The Bertz CT molecular complexity index is 920. The summed E-state index contributed by atoms with van der Waals surface area (Å²) < 4.78 is 20.8. The van der Waals surface area contributed by atoms with E-state index in [4.69, 9.17) is 4.74 Å². The Morgan fingerprint density at radius 3 is 2.64 bits per heavy atom. The van der Waals surface area contributed by atoms with Crippen LogP contribution in [0.1, 0.15) is 30.0 Å². The summed E-state index contributed by atoms with van der Waals surface area (Å²) in [5.74, 6) is -1.06. The quantitative estimate of drug-likeness (QED) is 0.841. The molecule has 8 heteroatoms. The van der Waals surface area contributed by atoms with E-state index >= 15 is 0 Å². The van der Waals surface area contributed by atoms with Crippen LogP contribution in [0.15, 0.2) is 35.1 Å². The maximum atomic E-state index is 14.1. The van der Waals surface area contributed by atoms with Crippen molar-refractivity contribution in [3.8, 4) is 5.69 Å². The molecule has 0 bridgehead atoms. The number of benzene rings is 1. The number of ether oxygens (including phenoxy) is 1. The molecule has 0 saturated carbocycles. The van der Waals surface area contributed by atoms with E-state index in [1.807, 2.05) is 13.8 Å². The summed E-state index contributed by atoms with van der Waals surface area (Å²) >= 11 is 0. The smallest absolute Gasteiger partial charge is 0.275 e. The zero-order valence-electron chi connectivity index (χ0n) is 16.4. The first kappa shape index (κ1) is 20.2. The van der Waals surface area contributed by atoms with Crippen LogP contribution in [0.25, 0.3) is 5.69 Å². The molecule has 3 rings (SSSR count). The average molecular weight is 388 g/mol. The molecule has 1 N–H and O–H groups in total. The van der Waals surface area contributed by atoms with Gasteiger partial charge in [-0.3, -0.25) is 14.5 Å². The van der Waals surface area contributed by atoms with Crippen LogP contribution in [-0.2, 0) is 4.74 Å². The van der Waals surface area contributed by atoms with Gasteiger partial charge in [0.1, 0.15) is 11.5 Å². The van der Waals surface area contributed by atoms with Crippen LogP contribution in [0, 0.1) is 12.7 Å². The van der Waals surface area contributed by atoms with Crippen molar-refractivity contribution in [2.24, 2.45) is 0 Å². The Kier molecular flexibility index (Phi) is 5.90. The molecule has 2 heterocycles. The lowest BCUT2D eigenvalue weighted by Crippen LogP contribution is -2.55. The first-order valence-corrected chi connectivity index (χ1v) is 9.26. The Morgan fingerprint density at radius 2 is 1.96 bits per heavy atom. The minimum absolute atomic E-state index is 0.183. The number of rotatable bonds is 5. The number of hydrogen-bond donors (Lipinski definition) is 1. The summed E-state index contributed by atoms with van der Waals surface area (Å²) in [6, 6.07) is 7.38. The summed E-state index contributed by atoms with van der Waals surface area (Å²) in [4.78, 5) is 27.2. The molecule has 1 aromatic heterocycles. The van der Waals surface area contributed by atoms with Crippen LogP contribution >= 0.6 is 0 Å². The van der Waals surface area contributed by atoms with Gasteiger partial charge < -0.3 is 10.1 Å². The van der Waals surface area contributed by atoms with Crippen molar-refractivity contribution in [1.29, 1.82) is 0 Å². The summed E-state index contributed by atoms with van der Waals surface area (Å²) in [5.41, 5.74) is -0.421. The van der Waals surface area contributed by atoms with Crippen LogP contribution in [0.4, 0.5) is 4.39 Å². The predicted molar refractivity (Wildman–Crippen MR) is 103 cm³/mol. The minimum Gasteiger partial charge on any atom is -0.379 e. The highest BCUT2D eigenvalue weighted by molar-refractivity contribution is 5.92. The average Bonchev–Trinajstić information content (AvgIpc) is 2.68. The van der Waals surface area contributed by atoms with Gasteiger partial charge in [0.05, 0.1) is 13.2 Å². The molecule has 0 spiro atoms. The Hall–Kier alpha value is -2.58. The fourth-order valence-corrected chi connectivity index (χ4v) is 3.23. The predicted octanol–water partition coefficient (Wildman–Crippen LogP) is 1.52. The van der Waals surface area contributed by atoms with Crippen LogP contribution in [0.5, 0.6) is 0 Å². The second kappa shape index (κ2) is 8.20. The second-order valence-electron chi connectivity index (χ2n) is 7.46. The standard InChI is InChI=1S/C20H25FN4O3/c1-14-12-17(26)18(23-25(14)16-7-5-4-6-15(16)21)19(27)22-13-20(2,3)24-8-10-28-11-9-24/h4-7,12H,8-11,13H2,1-3H3,(H,22,27). The number of amides is 1. The van der Waals surface area contributed by atoms with Gasteiger partial charge in [-0.25, -0.2) is 9.07 Å². The molecular formula is C20H25FN4O3. The van der Waals surface area contributed by atoms with Crippen molar-refractivity contribution >= 4 is 5.91 Å². The number of carbonyl (C=O) groups is 1. The summed E-state index contributed by atoms with van der Waals surface area (Å²) in [6.45, 7) is 8.92. The lowest BCUT2D eigenvalue weighted by atomic mass is 10.0. The molecule has 1 amide bonds. The third-order valence-electron chi connectivity index (χ3n) is 4.95. The van der Waals surface area contributed by atoms with Gasteiger partial charge in [-0.2, -0.15) is 5.10 Å². The minimum atomic E-state index is -0.573. The van der Waals surface area contributed by atoms with Crippen LogP contribution in [-0.4, -0.2) is 59.0 Å². The second-order valence-corrected chi connectivity index (χ2v) is 7.46. The van der Waals surface area contributed by atoms with Crippen molar-refractivity contribution in [3.05, 3.63) is 57.8 Å². The van der Waals surface area contributed by atoms with E-state index in [0.29, 0.717) is 25.5 Å². The monoisotopic (exact) mass is 388 g/mol. The maximum absolute atomic E-state index is 14.1. The SMILES string of the molecule is Cc1cc(=O)c(C(=O)NCC(C)(C)N2CCOCC2)nn1-c1ccccc1F. The van der Waals surface area contributed by atoms with E-state index in [1.54, 1.807) is 25.1 Å². The molecule has 28 heavy (non-hydrogen) atoms. The molecule has 0 unspecified atom stereocenters. The Morgan fingerprint density at radius 1 is 1.29 bits per heavy atom. The normalized spacial score (nSPS) is 15.4. The van der Waals surface area contributed by atoms with Crippen molar-refractivity contribution in [1.82, 2.24) is 20.0 Å². The van der Waals surface area contributed by atoms with Crippen molar-refractivity contribution in [2.45, 2.75) is 26.3 Å². The first-order chi connectivity index (χ1) is 13.3. The topological polar surface area (TPSA) is 76.5 Å². The molecule has 7 nitrogen and oxygen atoms in total. The molecular weight excluding hydrogens is 363 g/mol. The number of halogens is 1. The number of carbonyl (C=O) groups excluding carboxylic acids is 1. The van der Waals surface area contributed by atoms with Gasteiger partial charge in [0.2, 0.25) is 5.43 Å². The number of hydrogen-bond acceptors (Lipinski definition) is 5. The highest BCUT2D eigenvalue weighted by Crippen LogP contribution is 2.16. The number of aromatic nitrogens is 2. The van der Waals surface area contributed by atoms with E-state index in [0.717, 1.165) is 13.1 Å². The molecule has 1 aromatic carbocycles. The maximum Gasteiger partial charge on any atom is 0.275 e. The fourth-order valence-electron chi connectivity index (χ4n) is 3.23. The van der Waals surface area contributed by atoms with Crippen LogP contribution in [0.3, 0.4) is 0 Å². The van der Waals surface area contributed by atoms with E-state index in [9.17, 15) is 14.0 Å². The Labute approximate surface area is 163 Å². The zero-order chi connectivity index (χ0) is 20.3. The van der Waals surface area contributed by atoms with Crippen molar-refractivity contribution < 1.29 is 13.9 Å². The Balaban J connectivity index is 1.81. The van der Waals surface area contributed by atoms with E-state index in [1.165, 1.54) is 16.8 Å². The molecule has 0 aliphatic carbocycles. The molecule has 0 radical (unpaired) electrons. The van der Waals surface area contributed by atoms with Crippen LogP contribution < -0.4 is 10.7 Å². The third-order valence-corrected chi connectivity index (χ3v) is 4.95. The number of nitrogens with zero attached hydrogens (tertiary/aromatic N) is 3. The zero-order valence-corrected chi connectivity index (χ0v) is 16.4. The molecule has 1 saturated heterocycles. The third kappa shape index (κ3) is 4.28.